The minimum absolute atomic E-state index is 0.0676. The Kier molecular flexibility index (Phi) is 9.59. The number of hydrogen-bond acceptors (Lipinski definition) is 3. The molecule has 0 unspecified atom stereocenters. The van der Waals surface area contributed by atoms with Crippen LogP contribution in [0, 0.1) is 0 Å². The third-order valence-corrected chi connectivity index (χ3v) is 8.95. The predicted molar refractivity (Wildman–Crippen MR) is 199 cm³/mol. The Morgan fingerprint density at radius 2 is 0.917 bits per heavy atom. The topological polar surface area (TPSA) is 42.3 Å². The monoisotopic (exact) mass is 626 g/mol. The van der Waals surface area contributed by atoms with Crippen molar-refractivity contribution in [2.24, 2.45) is 4.99 Å². The molecule has 0 aliphatic carbocycles. The number of aromatic nitrogens is 1. The zero-order chi connectivity index (χ0) is 33.7. The summed E-state index contributed by atoms with van der Waals surface area (Å²) in [5, 5.41) is 0. The van der Waals surface area contributed by atoms with Crippen LogP contribution in [0.3, 0.4) is 0 Å². The number of benzene rings is 5. The van der Waals surface area contributed by atoms with Crippen LogP contribution in [0.4, 0.5) is 5.69 Å². The lowest BCUT2D eigenvalue weighted by molar-refractivity contribution is 0.101. The summed E-state index contributed by atoms with van der Waals surface area (Å²) < 4.78 is 0. The minimum atomic E-state index is -0.131. The van der Waals surface area contributed by atoms with Crippen molar-refractivity contribution in [2.75, 3.05) is 0 Å². The van der Waals surface area contributed by atoms with E-state index in [9.17, 15) is 4.79 Å². The zero-order valence-electron chi connectivity index (χ0n) is 28.4. The van der Waals surface area contributed by atoms with Gasteiger partial charge in [-0.2, -0.15) is 0 Å². The molecule has 0 N–H and O–H groups in total. The molecule has 0 saturated heterocycles. The fraction of sp³-hybridized carbons (Fsp3) is 0.178. The highest BCUT2D eigenvalue weighted by Crippen LogP contribution is 2.47. The van der Waals surface area contributed by atoms with Gasteiger partial charge in [0.05, 0.1) is 17.1 Å². The van der Waals surface area contributed by atoms with Crippen molar-refractivity contribution in [3.8, 4) is 0 Å². The second kappa shape index (κ2) is 14.1. The van der Waals surface area contributed by atoms with Gasteiger partial charge in [-0.25, -0.2) is 4.98 Å². The standard InChI is InChI=1S/C45H42N2O/c1-31(40-27-18-28-41(47-40)32(2)48)46-44-38(42(33-19-10-6-11-20-33)34-21-12-7-13-22-34)29-37(45(3,4)5)30-39(44)43(35-23-14-8-15-24-35)36-25-16-9-17-26-36/h6-30,42-43H,1-5H3. The molecule has 0 aliphatic rings. The van der Waals surface area contributed by atoms with Gasteiger partial charge in [-0.05, 0) is 63.4 Å². The van der Waals surface area contributed by atoms with Crippen LogP contribution >= 0.6 is 0 Å². The number of hydrogen-bond donors (Lipinski definition) is 0. The van der Waals surface area contributed by atoms with Gasteiger partial charge in [0.1, 0.15) is 5.69 Å². The first kappa shape index (κ1) is 32.5. The third-order valence-electron chi connectivity index (χ3n) is 8.95. The van der Waals surface area contributed by atoms with E-state index < -0.39 is 0 Å². The van der Waals surface area contributed by atoms with Crippen LogP contribution in [0.1, 0.15) is 102 Å². The number of rotatable bonds is 9. The van der Waals surface area contributed by atoms with Gasteiger partial charge in [0, 0.05) is 18.8 Å². The van der Waals surface area contributed by atoms with Crippen LogP contribution in [0.5, 0.6) is 0 Å². The summed E-state index contributed by atoms with van der Waals surface area (Å²) >= 11 is 0. The number of nitrogens with zero attached hydrogens (tertiary/aromatic N) is 2. The van der Waals surface area contributed by atoms with Crippen molar-refractivity contribution in [1.82, 2.24) is 4.98 Å². The molecule has 1 heterocycles. The second-order valence-corrected chi connectivity index (χ2v) is 13.4. The Morgan fingerprint density at radius 1 is 0.542 bits per heavy atom. The summed E-state index contributed by atoms with van der Waals surface area (Å²) in [6, 6.07) is 53.2. The Labute approximate surface area is 285 Å². The quantitative estimate of drug-likeness (QED) is 0.0910. The van der Waals surface area contributed by atoms with Gasteiger partial charge < -0.3 is 0 Å². The number of carbonyl (C=O) groups excluding carboxylic acids is 1. The largest absolute Gasteiger partial charge is 0.293 e. The number of carbonyl (C=O) groups is 1. The van der Waals surface area contributed by atoms with E-state index in [0.29, 0.717) is 11.4 Å². The van der Waals surface area contributed by atoms with Crippen molar-refractivity contribution in [3.63, 3.8) is 0 Å². The number of pyridine rings is 1. The van der Waals surface area contributed by atoms with E-state index in [-0.39, 0.29) is 23.0 Å². The zero-order valence-corrected chi connectivity index (χ0v) is 28.4. The maximum atomic E-state index is 12.3. The second-order valence-electron chi connectivity index (χ2n) is 13.4. The molecule has 5 aromatic carbocycles. The van der Waals surface area contributed by atoms with E-state index in [2.05, 4.69) is 154 Å². The summed E-state index contributed by atoms with van der Waals surface area (Å²) in [4.78, 5) is 22.6. The average Bonchev–Trinajstić information content (AvgIpc) is 3.11. The predicted octanol–water partition coefficient (Wildman–Crippen LogP) is 11.1. The van der Waals surface area contributed by atoms with Crippen molar-refractivity contribution >= 4 is 17.2 Å². The normalized spacial score (nSPS) is 12.0. The van der Waals surface area contributed by atoms with Crippen molar-refractivity contribution in [2.45, 2.75) is 51.9 Å². The van der Waals surface area contributed by atoms with E-state index in [1.807, 2.05) is 19.1 Å². The van der Waals surface area contributed by atoms with Crippen molar-refractivity contribution in [1.29, 1.82) is 0 Å². The molecule has 3 nitrogen and oxygen atoms in total. The van der Waals surface area contributed by atoms with Crippen LogP contribution in [-0.2, 0) is 5.41 Å². The van der Waals surface area contributed by atoms with Crippen LogP contribution in [-0.4, -0.2) is 16.5 Å². The molecule has 1 aromatic heterocycles. The smallest absolute Gasteiger partial charge is 0.178 e. The summed E-state index contributed by atoms with van der Waals surface area (Å²) in [5.74, 6) is -0.227. The maximum Gasteiger partial charge on any atom is 0.178 e. The summed E-state index contributed by atoms with van der Waals surface area (Å²) in [5.41, 5.74) is 11.0. The SMILES string of the molecule is CC(=O)c1cccc(C(C)=Nc2c(C(c3ccccc3)c3ccccc3)cc(C(C)(C)C)cc2C(c2ccccc2)c2ccccc2)n1. The Morgan fingerprint density at radius 3 is 1.27 bits per heavy atom. The molecule has 238 valence electrons. The molecule has 0 bridgehead atoms. The molecule has 3 heteroatoms. The molecule has 0 radical (unpaired) electrons. The van der Waals surface area contributed by atoms with Gasteiger partial charge in [0.2, 0.25) is 0 Å². The minimum Gasteiger partial charge on any atom is -0.293 e. The lowest BCUT2D eigenvalue weighted by Crippen LogP contribution is -2.16. The molecular weight excluding hydrogens is 585 g/mol. The Bertz CT molecular complexity index is 1840. The molecule has 48 heavy (non-hydrogen) atoms. The van der Waals surface area contributed by atoms with E-state index in [1.165, 1.54) is 27.8 Å². The van der Waals surface area contributed by atoms with Crippen LogP contribution < -0.4 is 0 Å². The molecule has 0 aliphatic heterocycles. The molecule has 6 rings (SSSR count). The lowest BCUT2D eigenvalue weighted by atomic mass is 9.75. The summed E-state index contributed by atoms with van der Waals surface area (Å²) in [6.45, 7) is 10.4. The Hall–Kier alpha value is -5.41. The van der Waals surface area contributed by atoms with Gasteiger partial charge in [0.25, 0.3) is 0 Å². The number of aliphatic imine (C=N–C) groups is 1. The van der Waals surface area contributed by atoms with E-state index >= 15 is 0 Å². The molecule has 0 saturated carbocycles. The molecule has 0 fully saturated rings. The first-order valence-corrected chi connectivity index (χ1v) is 16.6. The highest BCUT2D eigenvalue weighted by Gasteiger charge is 2.30. The van der Waals surface area contributed by atoms with E-state index in [4.69, 9.17) is 9.98 Å². The molecular formula is C45H42N2O. The fourth-order valence-corrected chi connectivity index (χ4v) is 6.42. The van der Waals surface area contributed by atoms with Crippen LogP contribution in [0.2, 0.25) is 0 Å². The maximum absolute atomic E-state index is 12.3. The molecule has 0 amide bonds. The fourth-order valence-electron chi connectivity index (χ4n) is 6.42. The van der Waals surface area contributed by atoms with Gasteiger partial charge in [-0.1, -0.05) is 160 Å². The lowest BCUT2D eigenvalue weighted by Gasteiger charge is -2.30. The summed E-state index contributed by atoms with van der Waals surface area (Å²) in [6.07, 6.45) is 0. The third kappa shape index (κ3) is 7.11. The van der Waals surface area contributed by atoms with E-state index in [0.717, 1.165) is 22.5 Å². The average molecular weight is 627 g/mol. The van der Waals surface area contributed by atoms with Gasteiger partial charge in [-0.3, -0.25) is 9.79 Å². The van der Waals surface area contributed by atoms with E-state index in [1.54, 1.807) is 13.0 Å². The highest BCUT2D eigenvalue weighted by atomic mass is 16.1. The van der Waals surface area contributed by atoms with Crippen LogP contribution in [0.25, 0.3) is 0 Å². The van der Waals surface area contributed by atoms with Crippen molar-refractivity contribution in [3.05, 3.63) is 202 Å². The highest BCUT2D eigenvalue weighted by molar-refractivity contribution is 6.00. The molecule has 0 atom stereocenters. The number of Topliss-reactive ketones (excluding diaryl/α,β-unsaturated/α-hetero) is 1. The Balaban J connectivity index is 1.75. The molecule has 6 aromatic rings. The first-order valence-electron chi connectivity index (χ1n) is 16.6. The van der Waals surface area contributed by atoms with Gasteiger partial charge in [-0.15, -0.1) is 0 Å². The molecule has 0 spiro atoms. The van der Waals surface area contributed by atoms with Gasteiger partial charge >= 0.3 is 0 Å². The van der Waals surface area contributed by atoms with Crippen LogP contribution in [0.15, 0.2) is 157 Å². The van der Waals surface area contributed by atoms with Gasteiger partial charge in [0.15, 0.2) is 5.78 Å². The summed E-state index contributed by atoms with van der Waals surface area (Å²) in [7, 11) is 0. The van der Waals surface area contributed by atoms with Crippen molar-refractivity contribution < 1.29 is 4.79 Å². The first-order chi connectivity index (χ1) is 23.2. The number of ketones is 1.